The van der Waals surface area contributed by atoms with Gasteiger partial charge in [0.1, 0.15) is 5.69 Å². The van der Waals surface area contributed by atoms with E-state index in [9.17, 15) is 10.1 Å². The highest BCUT2D eigenvalue weighted by atomic mass is 16.6. The topological polar surface area (TPSA) is 72.4 Å². The molecule has 1 aromatic rings. The van der Waals surface area contributed by atoms with Gasteiger partial charge in [-0.15, -0.1) is 6.42 Å². The fraction of sp³-hybridized carbons (Fsp3) is 0.273. The monoisotopic (exact) mass is 219 g/mol. The Morgan fingerprint density at radius 3 is 2.75 bits per heavy atom. The van der Waals surface area contributed by atoms with E-state index < -0.39 is 4.92 Å². The summed E-state index contributed by atoms with van der Waals surface area (Å²) in [6, 6.07) is 4.61. The molecule has 0 heterocycles. The van der Waals surface area contributed by atoms with Gasteiger partial charge in [0.25, 0.3) is 5.69 Å². The zero-order valence-electron chi connectivity index (χ0n) is 9.01. The average molecular weight is 219 g/mol. The highest BCUT2D eigenvalue weighted by Gasteiger charge is 2.13. The van der Waals surface area contributed by atoms with E-state index in [1.165, 1.54) is 6.07 Å². The molecule has 84 valence electrons. The lowest BCUT2D eigenvalue weighted by molar-refractivity contribution is -0.383. The molecule has 0 unspecified atom stereocenters. The van der Waals surface area contributed by atoms with Crippen molar-refractivity contribution >= 4 is 17.1 Å². The second kappa shape index (κ2) is 5.03. The minimum absolute atomic E-state index is 0.0829. The predicted molar refractivity (Wildman–Crippen MR) is 64.2 cm³/mol. The first-order chi connectivity index (χ1) is 7.60. The zero-order chi connectivity index (χ0) is 12.1. The lowest BCUT2D eigenvalue weighted by Crippen LogP contribution is -2.22. The number of nitro groups is 1. The summed E-state index contributed by atoms with van der Waals surface area (Å²) in [7, 11) is 0. The van der Waals surface area contributed by atoms with Crippen LogP contribution in [0.5, 0.6) is 0 Å². The molecule has 1 rings (SSSR count). The Morgan fingerprint density at radius 2 is 2.31 bits per heavy atom. The van der Waals surface area contributed by atoms with Crippen molar-refractivity contribution in [3.8, 4) is 12.3 Å². The SMILES string of the molecule is C#CCN(CC)c1ccc([N+](=O)[O-])c(N)c1. The number of nitrogen functional groups attached to an aromatic ring is 1. The highest BCUT2D eigenvalue weighted by molar-refractivity contribution is 5.66. The molecular formula is C11H13N3O2. The lowest BCUT2D eigenvalue weighted by atomic mass is 10.2. The van der Waals surface area contributed by atoms with Crippen molar-refractivity contribution in [1.29, 1.82) is 0 Å². The highest BCUT2D eigenvalue weighted by Crippen LogP contribution is 2.26. The summed E-state index contributed by atoms with van der Waals surface area (Å²) in [5.74, 6) is 2.53. The van der Waals surface area contributed by atoms with Gasteiger partial charge in [0, 0.05) is 18.3 Å². The zero-order valence-corrected chi connectivity index (χ0v) is 9.01. The number of rotatable bonds is 4. The van der Waals surface area contributed by atoms with Gasteiger partial charge in [0.05, 0.1) is 11.5 Å². The third-order valence-electron chi connectivity index (χ3n) is 2.24. The van der Waals surface area contributed by atoms with Crippen LogP contribution < -0.4 is 10.6 Å². The van der Waals surface area contributed by atoms with Crippen LogP contribution in [0.2, 0.25) is 0 Å². The number of benzene rings is 1. The van der Waals surface area contributed by atoms with Crippen LogP contribution in [0.1, 0.15) is 6.92 Å². The molecule has 0 aliphatic carbocycles. The third-order valence-corrected chi connectivity index (χ3v) is 2.24. The van der Waals surface area contributed by atoms with Gasteiger partial charge in [0.2, 0.25) is 0 Å². The summed E-state index contributed by atoms with van der Waals surface area (Å²) in [5.41, 5.74) is 6.45. The number of anilines is 2. The summed E-state index contributed by atoms with van der Waals surface area (Å²) in [5, 5.41) is 10.6. The van der Waals surface area contributed by atoms with Gasteiger partial charge in [-0.2, -0.15) is 0 Å². The Kier molecular flexibility index (Phi) is 3.72. The van der Waals surface area contributed by atoms with Crippen molar-refractivity contribution in [2.45, 2.75) is 6.92 Å². The van der Waals surface area contributed by atoms with Crippen LogP contribution in [0.3, 0.4) is 0 Å². The first kappa shape index (κ1) is 11.9. The van der Waals surface area contributed by atoms with E-state index in [0.29, 0.717) is 6.54 Å². The molecule has 16 heavy (non-hydrogen) atoms. The first-order valence-electron chi connectivity index (χ1n) is 4.82. The van der Waals surface area contributed by atoms with E-state index in [2.05, 4.69) is 5.92 Å². The summed E-state index contributed by atoms with van der Waals surface area (Å²) in [6.45, 7) is 3.13. The molecule has 0 spiro atoms. The van der Waals surface area contributed by atoms with Crippen molar-refractivity contribution < 1.29 is 4.92 Å². The molecule has 5 heteroatoms. The molecule has 0 fully saturated rings. The molecule has 0 saturated carbocycles. The number of nitro benzene ring substituents is 1. The van der Waals surface area contributed by atoms with E-state index in [-0.39, 0.29) is 11.4 Å². The molecule has 0 radical (unpaired) electrons. The second-order valence-corrected chi connectivity index (χ2v) is 3.22. The van der Waals surface area contributed by atoms with Gasteiger partial charge in [0.15, 0.2) is 0 Å². The minimum atomic E-state index is -0.503. The normalized spacial score (nSPS) is 9.50. The van der Waals surface area contributed by atoms with Crippen molar-refractivity contribution in [2.24, 2.45) is 0 Å². The van der Waals surface area contributed by atoms with Crippen molar-refractivity contribution in [2.75, 3.05) is 23.7 Å². The van der Waals surface area contributed by atoms with E-state index >= 15 is 0 Å². The number of hydrogen-bond donors (Lipinski definition) is 1. The molecule has 5 nitrogen and oxygen atoms in total. The molecule has 0 aromatic heterocycles. The van der Waals surface area contributed by atoms with Crippen molar-refractivity contribution in [3.05, 3.63) is 28.3 Å². The molecule has 0 aliphatic heterocycles. The third kappa shape index (κ3) is 2.42. The smallest absolute Gasteiger partial charge is 0.292 e. The first-order valence-corrected chi connectivity index (χ1v) is 4.82. The molecule has 0 aliphatic rings. The average Bonchev–Trinajstić information content (AvgIpc) is 2.25. The summed E-state index contributed by atoms with van der Waals surface area (Å²) >= 11 is 0. The van der Waals surface area contributed by atoms with Crippen LogP contribution in [0, 0.1) is 22.5 Å². The van der Waals surface area contributed by atoms with Gasteiger partial charge >= 0.3 is 0 Å². The van der Waals surface area contributed by atoms with Crippen LogP contribution in [0.25, 0.3) is 0 Å². The Labute approximate surface area is 94.0 Å². The van der Waals surface area contributed by atoms with Gasteiger partial charge in [-0.3, -0.25) is 10.1 Å². The fourth-order valence-corrected chi connectivity index (χ4v) is 1.40. The van der Waals surface area contributed by atoms with Crippen LogP contribution in [-0.4, -0.2) is 18.0 Å². The molecule has 0 amide bonds. The van der Waals surface area contributed by atoms with Gasteiger partial charge < -0.3 is 10.6 Å². The Morgan fingerprint density at radius 1 is 1.62 bits per heavy atom. The molecular weight excluding hydrogens is 206 g/mol. The Bertz CT molecular complexity index is 437. The Hall–Kier alpha value is -2.22. The van der Waals surface area contributed by atoms with E-state index in [0.717, 1.165) is 12.2 Å². The van der Waals surface area contributed by atoms with Gasteiger partial charge in [-0.25, -0.2) is 0 Å². The molecule has 2 N–H and O–H groups in total. The quantitative estimate of drug-likeness (QED) is 0.361. The molecule has 0 atom stereocenters. The summed E-state index contributed by atoms with van der Waals surface area (Å²) in [6.07, 6.45) is 5.23. The van der Waals surface area contributed by atoms with Crippen LogP contribution in [0.4, 0.5) is 17.1 Å². The van der Waals surface area contributed by atoms with Crippen LogP contribution in [-0.2, 0) is 0 Å². The largest absolute Gasteiger partial charge is 0.393 e. The number of nitrogens with two attached hydrogens (primary N) is 1. The number of terminal acetylenes is 1. The van der Waals surface area contributed by atoms with E-state index in [1.807, 2.05) is 11.8 Å². The van der Waals surface area contributed by atoms with Gasteiger partial charge in [-0.1, -0.05) is 5.92 Å². The number of nitrogens with zero attached hydrogens (tertiary/aromatic N) is 2. The van der Waals surface area contributed by atoms with Crippen molar-refractivity contribution in [3.63, 3.8) is 0 Å². The number of hydrogen-bond acceptors (Lipinski definition) is 4. The molecule has 1 aromatic carbocycles. The molecule has 0 saturated heterocycles. The maximum atomic E-state index is 10.6. The summed E-state index contributed by atoms with van der Waals surface area (Å²) in [4.78, 5) is 12.0. The predicted octanol–water partition coefficient (Wildman–Crippen LogP) is 1.64. The fourth-order valence-electron chi connectivity index (χ4n) is 1.40. The van der Waals surface area contributed by atoms with Crippen molar-refractivity contribution in [1.82, 2.24) is 0 Å². The van der Waals surface area contributed by atoms with Crippen LogP contribution in [0.15, 0.2) is 18.2 Å². The van der Waals surface area contributed by atoms with Crippen LogP contribution >= 0.6 is 0 Å². The minimum Gasteiger partial charge on any atom is -0.393 e. The maximum absolute atomic E-state index is 10.6. The van der Waals surface area contributed by atoms with E-state index in [4.69, 9.17) is 12.2 Å². The second-order valence-electron chi connectivity index (χ2n) is 3.22. The van der Waals surface area contributed by atoms with Gasteiger partial charge in [-0.05, 0) is 19.1 Å². The molecule has 0 bridgehead atoms. The Balaban J connectivity index is 3.05. The lowest BCUT2D eigenvalue weighted by Gasteiger charge is -2.20. The maximum Gasteiger partial charge on any atom is 0.292 e. The standard InChI is InChI=1S/C11H13N3O2/c1-3-7-13(4-2)9-5-6-11(14(15)16)10(12)8-9/h1,5-6,8H,4,7,12H2,2H3. The summed E-state index contributed by atoms with van der Waals surface area (Å²) < 4.78 is 0. The van der Waals surface area contributed by atoms with E-state index in [1.54, 1.807) is 12.1 Å².